The van der Waals surface area contributed by atoms with Gasteiger partial charge in [0.2, 0.25) is 0 Å². The third kappa shape index (κ3) is 3.12. The van der Waals surface area contributed by atoms with Crippen LogP contribution in [0.5, 0.6) is 0 Å². The number of aromatic nitrogens is 2. The van der Waals surface area contributed by atoms with Crippen molar-refractivity contribution in [2.24, 2.45) is 0 Å². The molecular weight excluding hydrogens is 226 g/mol. The van der Waals surface area contributed by atoms with Gasteiger partial charge in [-0.2, -0.15) is 0 Å². The molecule has 4 nitrogen and oxygen atoms in total. The van der Waals surface area contributed by atoms with Crippen molar-refractivity contribution in [3.63, 3.8) is 0 Å². The molecule has 2 rings (SSSR count). The second-order valence-electron chi connectivity index (χ2n) is 5.31. The molecule has 0 radical (unpaired) electrons. The van der Waals surface area contributed by atoms with Crippen molar-refractivity contribution in [3.05, 3.63) is 18.2 Å². The van der Waals surface area contributed by atoms with Gasteiger partial charge in [-0.3, -0.25) is 4.90 Å². The number of ether oxygens (including phenoxy) is 1. The molecule has 2 heterocycles. The summed E-state index contributed by atoms with van der Waals surface area (Å²) in [7, 11) is 0. The zero-order valence-corrected chi connectivity index (χ0v) is 11.8. The van der Waals surface area contributed by atoms with Gasteiger partial charge in [-0.05, 0) is 40.2 Å². The maximum absolute atomic E-state index is 5.58. The first-order chi connectivity index (χ1) is 8.72. The Hall–Kier alpha value is -0.870. The largest absolute Gasteiger partial charge is 0.380 e. The summed E-state index contributed by atoms with van der Waals surface area (Å²) in [6.07, 6.45) is 6.48. The summed E-state index contributed by atoms with van der Waals surface area (Å²) in [5.41, 5.74) is 1.31. The first kappa shape index (κ1) is 13.6. The van der Waals surface area contributed by atoms with Crippen LogP contribution in [0.3, 0.4) is 0 Å². The highest BCUT2D eigenvalue weighted by atomic mass is 16.5. The summed E-state index contributed by atoms with van der Waals surface area (Å²) in [6.45, 7) is 10.3. The number of hydrogen-bond acceptors (Lipinski definition) is 3. The zero-order chi connectivity index (χ0) is 13.0. The Morgan fingerprint density at radius 3 is 3.06 bits per heavy atom. The molecule has 102 valence electrons. The molecule has 0 aliphatic carbocycles. The van der Waals surface area contributed by atoms with E-state index < -0.39 is 0 Å². The first-order valence-corrected chi connectivity index (χ1v) is 7.04. The number of nitrogens with zero attached hydrogens (tertiary/aromatic N) is 3. The van der Waals surface area contributed by atoms with Crippen LogP contribution in [0.1, 0.15) is 45.3 Å². The van der Waals surface area contributed by atoms with Crippen molar-refractivity contribution in [2.45, 2.75) is 52.2 Å². The van der Waals surface area contributed by atoms with E-state index in [1.807, 2.05) is 12.5 Å². The molecule has 0 aromatic carbocycles. The second kappa shape index (κ2) is 6.34. The van der Waals surface area contributed by atoms with Crippen LogP contribution in [-0.4, -0.2) is 40.3 Å². The Kier molecular flexibility index (Phi) is 4.78. The maximum atomic E-state index is 5.58. The minimum atomic E-state index is 0.482. The van der Waals surface area contributed by atoms with Crippen molar-refractivity contribution in [3.8, 4) is 0 Å². The van der Waals surface area contributed by atoms with Gasteiger partial charge >= 0.3 is 0 Å². The lowest BCUT2D eigenvalue weighted by atomic mass is 10.2. The van der Waals surface area contributed by atoms with Gasteiger partial charge in [0, 0.05) is 31.4 Å². The van der Waals surface area contributed by atoms with Gasteiger partial charge in [0.1, 0.15) is 0 Å². The fourth-order valence-corrected chi connectivity index (χ4v) is 2.67. The van der Waals surface area contributed by atoms with Crippen LogP contribution in [0.25, 0.3) is 0 Å². The standard InChI is InChI=1S/C14H25N3O/c1-4-18-10-13-6-5-7-16(13)9-14-8-15-11-17(14)12(2)3/h8,11-13H,4-7,9-10H2,1-3H3/t13-/m0/s1. The first-order valence-electron chi connectivity index (χ1n) is 7.04. The fourth-order valence-electron chi connectivity index (χ4n) is 2.67. The molecule has 0 N–H and O–H groups in total. The number of likely N-dealkylation sites (tertiary alicyclic amines) is 1. The number of hydrogen-bond donors (Lipinski definition) is 0. The van der Waals surface area contributed by atoms with Gasteiger partial charge in [0.15, 0.2) is 0 Å². The molecule has 4 heteroatoms. The molecule has 0 spiro atoms. The highest BCUT2D eigenvalue weighted by Gasteiger charge is 2.25. The lowest BCUT2D eigenvalue weighted by molar-refractivity contribution is 0.0813. The molecule has 0 unspecified atom stereocenters. The molecular formula is C14H25N3O. The molecule has 1 aromatic rings. The van der Waals surface area contributed by atoms with E-state index in [4.69, 9.17) is 4.74 Å². The smallest absolute Gasteiger partial charge is 0.0951 e. The molecule has 1 fully saturated rings. The number of rotatable bonds is 6. The molecule has 1 aliphatic heterocycles. The van der Waals surface area contributed by atoms with Gasteiger partial charge < -0.3 is 9.30 Å². The predicted molar refractivity (Wildman–Crippen MR) is 72.5 cm³/mol. The third-order valence-corrected chi connectivity index (χ3v) is 3.68. The Morgan fingerprint density at radius 2 is 2.33 bits per heavy atom. The lowest BCUT2D eigenvalue weighted by Crippen LogP contribution is -2.33. The van der Waals surface area contributed by atoms with Crippen LogP contribution in [0.15, 0.2) is 12.5 Å². The molecule has 0 amide bonds. The Bertz CT molecular complexity index is 362. The van der Waals surface area contributed by atoms with E-state index in [-0.39, 0.29) is 0 Å². The summed E-state index contributed by atoms with van der Waals surface area (Å²) in [6, 6.07) is 1.07. The highest BCUT2D eigenvalue weighted by molar-refractivity contribution is 5.01. The monoisotopic (exact) mass is 251 g/mol. The fraction of sp³-hybridized carbons (Fsp3) is 0.786. The van der Waals surface area contributed by atoms with Crippen LogP contribution in [0, 0.1) is 0 Å². The molecule has 0 saturated carbocycles. The van der Waals surface area contributed by atoms with E-state index >= 15 is 0 Å². The summed E-state index contributed by atoms with van der Waals surface area (Å²) in [4.78, 5) is 6.81. The predicted octanol–water partition coefficient (Wildman–Crippen LogP) is 2.46. The van der Waals surface area contributed by atoms with Gasteiger partial charge in [-0.1, -0.05) is 0 Å². The summed E-state index contributed by atoms with van der Waals surface area (Å²) in [5, 5.41) is 0. The highest BCUT2D eigenvalue weighted by Crippen LogP contribution is 2.21. The van der Waals surface area contributed by atoms with E-state index in [9.17, 15) is 0 Å². The average Bonchev–Trinajstić information content (AvgIpc) is 2.96. The van der Waals surface area contributed by atoms with Crippen molar-refractivity contribution in [1.82, 2.24) is 14.5 Å². The zero-order valence-electron chi connectivity index (χ0n) is 11.8. The van der Waals surface area contributed by atoms with Crippen LogP contribution in [0.4, 0.5) is 0 Å². The molecule has 1 aromatic heterocycles. The third-order valence-electron chi connectivity index (χ3n) is 3.68. The lowest BCUT2D eigenvalue weighted by Gasteiger charge is -2.25. The second-order valence-corrected chi connectivity index (χ2v) is 5.31. The van der Waals surface area contributed by atoms with Crippen molar-refractivity contribution in [2.75, 3.05) is 19.8 Å². The number of imidazole rings is 1. The van der Waals surface area contributed by atoms with E-state index in [0.29, 0.717) is 12.1 Å². The van der Waals surface area contributed by atoms with E-state index in [1.54, 1.807) is 0 Å². The van der Waals surface area contributed by atoms with Gasteiger partial charge in [0.05, 0.1) is 18.6 Å². The van der Waals surface area contributed by atoms with E-state index in [2.05, 4.69) is 35.2 Å². The van der Waals surface area contributed by atoms with Gasteiger partial charge in [0.25, 0.3) is 0 Å². The van der Waals surface area contributed by atoms with Crippen molar-refractivity contribution in [1.29, 1.82) is 0 Å². The molecule has 1 saturated heterocycles. The van der Waals surface area contributed by atoms with E-state index in [1.165, 1.54) is 25.1 Å². The minimum Gasteiger partial charge on any atom is -0.380 e. The molecule has 0 bridgehead atoms. The van der Waals surface area contributed by atoms with Crippen LogP contribution in [-0.2, 0) is 11.3 Å². The summed E-state index contributed by atoms with van der Waals surface area (Å²) < 4.78 is 7.84. The summed E-state index contributed by atoms with van der Waals surface area (Å²) >= 11 is 0. The van der Waals surface area contributed by atoms with Crippen LogP contribution >= 0.6 is 0 Å². The SMILES string of the molecule is CCOC[C@@H]1CCCN1Cc1cncn1C(C)C. The quantitative estimate of drug-likeness (QED) is 0.778. The van der Waals surface area contributed by atoms with Crippen LogP contribution in [0.2, 0.25) is 0 Å². The maximum Gasteiger partial charge on any atom is 0.0951 e. The Morgan fingerprint density at radius 1 is 1.50 bits per heavy atom. The van der Waals surface area contributed by atoms with Gasteiger partial charge in [-0.25, -0.2) is 4.98 Å². The topological polar surface area (TPSA) is 30.3 Å². The minimum absolute atomic E-state index is 0.482. The Balaban J connectivity index is 1.97. The average molecular weight is 251 g/mol. The van der Waals surface area contributed by atoms with Crippen molar-refractivity contribution >= 4 is 0 Å². The molecule has 18 heavy (non-hydrogen) atoms. The van der Waals surface area contributed by atoms with E-state index in [0.717, 1.165) is 19.8 Å². The molecule has 1 aliphatic rings. The normalized spacial score (nSPS) is 21.0. The Labute approximate surface area is 110 Å². The van der Waals surface area contributed by atoms with Gasteiger partial charge in [-0.15, -0.1) is 0 Å². The molecule has 1 atom stereocenters. The van der Waals surface area contributed by atoms with Crippen LogP contribution < -0.4 is 0 Å². The summed E-state index contributed by atoms with van der Waals surface area (Å²) in [5.74, 6) is 0. The van der Waals surface area contributed by atoms with Crippen molar-refractivity contribution < 1.29 is 4.74 Å².